The maximum atomic E-state index is 12.3. The van der Waals surface area contributed by atoms with Crippen LogP contribution in [0.2, 0.25) is 0 Å². The van der Waals surface area contributed by atoms with E-state index in [1.807, 2.05) is 17.4 Å². The molecule has 0 bridgehead atoms. The number of fused-ring (bicyclic) bond motifs is 1. The van der Waals surface area contributed by atoms with Crippen LogP contribution in [0.3, 0.4) is 0 Å². The molecule has 0 fully saturated rings. The molecule has 24 heavy (non-hydrogen) atoms. The lowest BCUT2D eigenvalue weighted by molar-refractivity contribution is -0.123. The molecule has 0 radical (unpaired) electrons. The molecule has 0 aliphatic heterocycles. The van der Waals surface area contributed by atoms with Crippen molar-refractivity contribution in [2.24, 2.45) is 0 Å². The van der Waals surface area contributed by atoms with E-state index in [0.29, 0.717) is 11.4 Å². The summed E-state index contributed by atoms with van der Waals surface area (Å²) in [5, 5.41) is 12.5. The summed E-state index contributed by atoms with van der Waals surface area (Å²) < 4.78 is 36.8. The van der Waals surface area contributed by atoms with E-state index in [1.165, 1.54) is 6.07 Å². The third kappa shape index (κ3) is 3.65. The van der Waals surface area contributed by atoms with Crippen molar-refractivity contribution >= 4 is 28.2 Å². The van der Waals surface area contributed by atoms with Crippen molar-refractivity contribution in [2.75, 3.05) is 11.9 Å². The van der Waals surface area contributed by atoms with E-state index in [-0.39, 0.29) is 5.56 Å². The first kappa shape index (κ1) is 15.9. The smallest absolute Gasteiger partial charge is 0.355 e. The van der Waals surface area contributed by atoms with Gasteiger partial charge in [-0.1, -0.05) is 12.1 Å². The normalized spacial score (nSPS) is 11.5. The van der Waals surface area contributed by atoms with Crippen LogP contribution >= 0.6 is 0 Å². The van der Waals surface area contributed by atoms with Crippen molar-refractivity contribution < 1.29 is 18.0 Å². The standard InChI is InChI=1S/C16H13F3N4O/c17-16(18,19)9-20-15(24)12-3-1-2-4-14(12)22-11-5-6-13-10(7-11)8-21-23-13/h1-8,22H,9H2,(H,20,24)(H,21,23). The Morgan fingerprint density at radius 3 is 2.75 bits per heavy atom. The molecular weight excluding hydrogens is 321 g/mol. The number of aromatic nitrogens is 2. The van der Waals surface area contributed by atoms with Crippen LogP contribution in [0.5, 0.6) is 0 Å². The molecule has 0 atom stereocenters. The lowest BCUT2D eigenvalue weighted by atomic mass is 10.1. The number of anilines is 2. The van der Waals surface area contributed by atoms with E-state index >= 15 is 0 Å². The average Bonchev–Trinajstić information content (AvgIpc) is 3.00. The second-order valence-electron chi connectivity index (χ2n) is 5.14. The third-order valence-electron chi connectivity index (χ3n) is 3.34. The van der Waals surface area contributed by atoms with Crippen LogP contribution in [-0.2, 0) is 0 Å². The molecule has 0 unspecified atom stereocenters. The summed E-state index contributed by atoms with van der Waals surface area (Å²) in [7, 11) is 0. The molecule has 1 heterocycles. The monoisotopic (exact) mass is 334 g/mol. The van der Waals surface area contributed by atoms with Gasteiger partial charge in [0.2, 0.25) is 0 Å². The SMILES string of the molecule is O=C(NCC(F)(F)F)c1ccccc1Nc1ccc2[nH]ncc2c1. The Balaban J connectivity index is 1.82. The minimum Gasteiger partial charge on any atom is -0.355 e. The van der Waals surface area contributed by atoms with Gasteiger partial charge in [0.15, 0.2) is 0 Å². The van der Waals surface area contributed by atoms with Gasteiger partial charge < -0.3 is 10.6 Å². The molecule has 0 saturated heterocycles. The molecule has 3 aromatic rings. The highest BCUT2D eigenvalue weighted by molar-refractivity contribution is 6.00. The molecule has 3 rings (SSSR count). The van der Waals surface area contributed by atoms with Crippen LogP contribution in [0.15, 0.2) is 48.7 Å². The Hall–Kier alpha value is -3.03. The van der Waals surface area contributed by atoms with Crippen molar-refractivity contribution in [1.29, 1.82) is 0 Å². The van der Waals surface area contributed by atoms with Gasteiger partial charge in [-0.2, -0.15) is 18.3 Å². The topological polar surface area (TPSA) is 69.8 Å². The van der Waals surface area contributed by atoms with Gasteiger partial charge in [-0.25, -0.2) is 0 Å². The summed E-state index contributed by atoms with van der Waals surface area (Å²) in [5.41, 5.74) is 2.10. The van der Waals surface area contributed by atoms with Gasteiger partial charge in [0.1, 0.15) is 6.54 Å². The van der Waals surface area contributed by atoms with Gasteiger partial charge in [-0.05, 0) is 30.3 Å². The van der Waals surface area contributed by atoms with Crippen molar-refractivity contribution in [2.45, 2.75) is 6.18 Å². The zero-order chi connectivity index (χ0) is 17.2. The fourth-order valence-corrected chi connectivity index (χ4v) is 2.24. The minimum atomic E-state index is -4.45. The number of rotatable bonds is 4. The highest BCUT2D eigenvalue weighted by atomic mass is 19.4. The fraction of sp³-hybridized carbons (Fsp3) is 0.125. The summed E-state index contributed by atoms with van der Waals surface area (Å²) in [5.74, 6) is -0.792. The Morgan fingerprint density at radius 1 is 1.17 bits per heavy atom. The van der Waals surface area contributed by atoms with Gasteiger partial charge in [-0.3, -0.25) is 9.89 Å². The van der Waals surface area contributed by atoms with E-state index in [9.17, 15) is 18.0 Å². The number of aromatic amines is 1. The molecule has 124 valence electrons. The van der Waals surface area contributed by atoms with Crippen molar-refractivity contribution in [3.63, 3.8) is 0 Å². The van der Waals surface area contributed by atoms with Gasteiger partial charge >= 0.3 is 6.18 Å². The second-order valence-corrected chi connectivity index (χ2v) is 5.14. The lowest BCUT2D eigenvalue weighted by Gasteiger charge is -2.13. The third-order valence-corrected chi connectivity index (χ3v) is 3.34. The summed E-state index contributed by atoms with van der Waals surface area (Å²) in [6.07, 6.45) is -2.80. The Morgan fingerprint density at radius 2 is 1.96 bits per heavy atom. The number of carbonyl (C=O) groups is 1. The van der Waals surface area contributed by atoms with Crippen LogP contribution in [0.4, 0.5) is 24.5 Å². The van der Waals surface area contributed by atoms with E-state index in [4.69, 9.17) is 0 Å². The zero-order valence-corrected chi connectivity index (χ0v) is 12.3. The molecule has 1 amide bonds. The average molecular weight is 334 g/mol. The quantitative estimate of drug-likeness (QED) is 0.683. The predicted molar refractivity (Wildman–Crippen MR) is 84.2 cm³/mol. The highest BCUT2D eigenvalue weighted by Crippen LogP contribution is 2.24. The fourth-order valence-electron chi connectivity index (χ4n) is 2.24. The number of halogens is 3. The first-order chi connectivity index (χ1) is 11.4. The molecule has 8 heteroatoms. The van der Waals surface area contributed by atoms with Crippen LogP contribution in [0.1, 0.15) is 10.4 Å². The summed E-state index contributed by atoms with van der Waals surface area (Å²) in [4.78, 5) is 12.0. The number of hydrogen-bond donors (Lipinski definition) is 3. The van der Waals surface area contributed by atoms with Crippen LogP contribution in [0.25, 0.3) is 10.9 Å². The number of nitrogens with zero attached hydrogens (tertiary/aromatic N) is 1. The van der Waals surface area contributed by atoms with Crippen LogP contribution in [-0.4, -0.2) is 28.8 Å². The number of alkyl halides is 3. The first-order valence-corrected chi connectivity index (χ1v) is 7.06. The highest BCUT2D eigenvalue weighted by Gasteiger charge is 2.28. The second kappa shape index (κ2) is 6.23. The van der Waals surface area contributed by atoms with E-state index < -0.39 is 18.6 Å². The largest absolute Gasteiger partial charge is 0.405 e. The Bertz CT molecular complexity index is 873. The van der Waals surface area contributed by atoms with Crippen molar-refractivity contribution in [1.82, 2.24) is 15.5 Å². The van der Waals surface area contributed by atoms with Crippen molar-refractivity contribution in [3.05, 3.63) is 54.2 Å². The molecule has 0 saturated carbocycles. The maximum absolute atomic E-state index is 12.3. The zero-order valence-electron chi connectivity index (χ0n) is 12.3. The summed E-state index contributed by atoms with van der Waals surface area (Å²) >= 11 is 0. The van der Waals surface area contributed by atoms with Gasteiger partial charge in [-0.15, -0.1) is 0 Å². The molecule has 2 aromatic carbocycles. The van der Waals surface area contributed by atoms with Gasteiger partial charge in [0.25, 0.3) is 5.91 Å². The Labute approximate surface area is 134 Å². The first-order valence-electron chi connectivity index (χ1n) is 7.06. The molecule has 3 N–H and O–H groups in total. The molecule has 5 nitrogen and oxygen atoms in total. The maximum Gasteiger partial charge on any atom is 0.405 e. The van der Waals surface area contributed by atoms with Crippen molar-refractivity contribution in [3.8, 4) is 0 Å². The number of amides is 1. The van der Waals surface area contributed by atoms with Gasteiger partial charge in [0, 0.05) is 11.1 Å². The summed E-state index contributed by atoms with van der Waals surface area (Å²) in [6, 6.07) is 11.8. The van der Waals surface area contributed by atoms with E-state index in [2.05, 4.69) is 15.5 Å². The molecule has 1 aromatic heterocycles. The van der Waals surface area contributed by atoms with E-state index in [1.54, 1.807) is 30.5 Å². The Kier molecular flexibility index (Phi) is 4.11. The minimum absolute atomic E-state index is 0.133. The molecule has 0 aliphatic rings. The number of nitrogens with one attached hydrogen (secondary N) is 3. The predicted octanol–water partition coefficient (Wildman–Crippen LogP) is 3.60. The molecule has 0 aliphatic carbocycles. The summed E-state index contributed by atoms with van der Waals surface area (Å²) in [6.45, 7) is -1.37. The number of para-hydroxylation sites is 1. The number of H-pyrrole nitrogens is 1. The lowest BCUT2D eigenvalue weighted by Crippen LogP contribution is -2.34. The van der Waals surface area contributed by atoms with Crippen LogP contribution < -0.4 is 10.6 Å². The number of carbonyl (C=O) groups excluding carboxylic acids is 1. The van der Waals surface area contributed by atoms with E-state index in [0.717, 1.165) is 10.9 Å². The number of hydrogen-bond acceptors (Lipinski definition) is 3. The van der Waals surface area contributed by atoms with Gasteiger partial charge in [0.05, 0.1) is 23.0 Å². The van der Waals surface area contributed by atoms with Crippen LogP contribution in [0, 0.1) is 0 Å². The molecule has 0 spiro atoms. The number of benzene rings is 2. The molecular formula is C16H13F3N4O.